The van der Waals surface area contributed by atoms with Gasteiger partial charge >= 0.3 is 6.03 Å². The highest BCUT2D eigenvalue weighted by molar-refractivity contribution is 5.94. The van der Waals surface area contributed by atoms with Gasteiger partial charge in [-0.25, -0.2) is 14.8 Å². The van der Waals surface area contributed by atoms with E-state index in [1.165, 1.54) is 0 Å². The maximum absolute atomic E-state index is 13.4. The SMILES string of the molecule is CC(C)(C)c1cc(NC(=O)N[C@H]2CC[C@@H](Oc3ccc4nnc(C(C)(C)C)n4c3)c3ccccc32)nc(C(=O)CCCN2CCOCC2)n1. The van der Waals surface area contributed by atoms with Crippen molar-refractivity contribution in [1.29, 1.82) is 0 Å². The van der Waals surface area contributed by atoms with Gasteiger partial charge in [0.05, 0.1) is 31.1 Å². The first-order valence-corrected chi connectivity index (χ1v) is 17.3. The van der Waals surface area contributed by atoms with Crippen molar-refractivity contribution in [3.63, 3.8) is 0 Å². The standard InChI is InChI=1S/C37H48N8O4/c1-36(2,3)30-22-31(40-33(39-30)28(46)12-9-17-44-18-20-48-21-19-44)41-35(47)38-27-14-15-29(26-11-8-7-10-25(26)27)49-24-13-16-32-42-43-34(37(4,5)6)45(32)23-24/h7-8,10-11,13,16,22-23,27,29H,9,12,14-15,17-21H2,1-6H3,(H2,38,39,40,41,47)/t27-,29+/m0/s1. The van der Waals surface area contributed by atoms with Gasteiger partial charge in [-0.1, -0.05) is 65.8 Å². The zero-order valence-corrected chi connectivity index (χ0v) is 29.5. The number of ether oxygens (including phenoxy) is 2. The van der Waals surface area contributed by atoms with Crippen molar-refractivity contribution in [2.24, 2.45) is 0 Å². The molecule has 12 nitrogen and oxygen atoms in total. The summed E-state index contributed by atoms with van der Waals surface area (Å²) >= 11 is 0. The zero-order valence-electron chi connectivity index (χ0n) is 29.5. The van der Waals surface area contributed by atoms with Crippen LogP contribution in [-0.4, -0.2) is 74.1 Å². The molecule has 2 amide bonds. The molecule has 1 saturated heterocycles. The largest absolute Gasteiger partial charge is 0.484 e. The van der Waals surface area contributed by atoms with Crippen LogP contribution in [-0.2, 0) is 15.6 Å². The Morgan fingerprint density at radius 1 is 0.939 bits per heavy atom. The van der Waals surface area contributed by atoms with E-state index in [0.717, 1.165) is 61.2 Å². The molecule has 1 aliphatic heterocycles. The molecule has 0 saturated carbocycles. The second-order valence-electron chi connectivity index (χ2n) is 15.0. The maximum atomic E-state index is 13.4. The summed E-state index contributed by atoms with van der Waals surface area (Å²) in [5.74, 6) is 1.90. The second-order valence-corrected chi connectivity index (χ2v) is 15.0. The van der Waals surface area contributed by atoms with Crippen molar-refractivity contribution in [3.05, 3.63) is 77.1 Å². The Kier molecular flexibility index (Phi) is 9.99. The number of hydrogen-bond donors (Lipinski definition) is 2. The average Bonchev–Trinajstić information content (AvgIpc) is 3.50. The van der Waals surface area contributed by atoms with Crippen molar-refractivity contribution in [1.82, 2.24) is 34.8 Å². The number of hydrogen-bond acceptors (Lipinski definition) is 9. The summed E-state index contributed by atoms with van der Waals surface area (Å²) in [4.78, 5) is 38.1. The Morgan fingerprint density at radius 3 is 2.43 bits per heavy atom. The number of carbonyl (C=O) groups is 2. The summed E-state index contributed by atoms with van der Waals surface area (Å²) in [5, 5.41) is 14.8. The molecule has 2 atom stereocenters. The second kappa shape index (κ2) is 14.2. The fraction of sp³-hybridized carbons (Fsp3) is 0.514. The average molecular weight is 669 g/mol. The van der Waals surface area contributed by atoms with Crippen LogP contribution < -0.4 is 15.4 Å². The number of anilines is 1. The number of aromatic nitrogens is 5. The summed E-state index contributed by atoms with van der Waals surface area (Å²) < 4.78 is 14.0. The Labute approximate surface area is 288 Å². The van der Waals surface area contributed by atoms with Crippen molar-refractivity contribution in [2.75, 3.05) is 38.2 Å². The summed E-state index contributed by atoms with van der Waals surface area (Å²) in [6, 6.07) is 13.0. The summed E-state index contributed by atoms with van der Waals surface area (Å²) in [7, 11) is 0. The highest BCUT2D eigenvalue weighted by Gasteiger charge is 2.30. The minimum Gasteiger partial charge on any atom is -0.484 e. The van der Waals surface area contributed by atoms with E-state index in [0.29, 0.717) is 37.2 Å². The van der Waals surface area contributed by atoms with E-state index >= 15 is 0 Å². The molecule has 0 radical (unpaired) electrons. The van der Waals surface area contributed by atoms with Gasteiger partial charge in [0.1, 0.15) is 23.5 Å². The molecule has 1 aromatic carbocycles. The van der Waals surface area contributed by atoms with Crippen LogP contribution in [0.25, 0.3) is 5.65 Å². The molecule has 3 aromatic heterocycles. The normalized spacial score (nSPS) is 18.6. The molecule has 2 aliphatic rings. The number of benzene rings is 1. The minimum absolute atomic E-state index is 0.131. The van der Waals surface area contributed by atoms with Crippen LogP contribution in [0.1, 0.15) is 113 Å². The van der Waals surface area contributed by atoms with E-state index in [1.54, 1.807) is 6.07 Å². The fourth-order valence-corrected chi connectivity index (χ4v) is 6.37. The molecular formula is C37H48N8O4. The van der Waals surface area contributed by atoms with Gasteiger partial charge in [0.25, 0.3) is 0 Å². The highest BCUT2D eigenvalue weighted by atomic mass is 16.5. The van der Waals surface area contributed by atoms with Gasteiger partial charge in [-0.2, -0.15) is 0 Å². The first-order valence-electron chi connectivity index (χ1n) is 17.3. The van der Waals surface area contributed by atoms with Crippen molar-refractivity contribution >= 4 is 23.3 Å². The number of carbonyl (C=O) groups excluding carboxylic acids is 2. The zero-order chi connectivity index (χ0) is 34.8. The number of nitrogens with zero attached hydrogens (tertiary/aromatic N) is 6. The monoisotopic (exact) mass is 668 g/mol. The molecule has 0 spiro atoms. The van der Waals surface area contributed by atoms with Gasteiger partial charge in [0, 0.05) is 36.4 Å². The van der Waals surface area contributed by atoms with Crippen LogP contribution in [0.2, 0.25) is 0 Å². The third kappa shape index (κ3) is 8.25. The molecule has 49 heavy (non-hydrogen) atoms. The van der Waals surface area contributed by atoms with Crippen LogP contribution in [0.15, 0.2) is 48.7 Å². The molecular weight excluding hydrogens is 620 g/mol. The molecule has 1 fully saturated rings. The highest BCUT2D eigenvalue weighted by Crippen LogP contribution is 2.39. The number of Topliss-reactive ketones (excluding diaryl/α,β-unsaturated/α-hetero) is 1. The number of urea groups is 1. The molecule has 4 aromatic rings. The van der Waals surface area contributed by atoms with Gasteiger partial charge in [-0.05, 0) is 49.1 Å². The first-order chi connectivity index (χ1) is 23.3. The van der Waals surface area contributed by atoms with Crippen molar-refractivity contribution in [2.45, 2.75) is 90.2 Å². The van der Waals surface area contributed by atoms with E-state index in [4.69, 9.17) is 9.47 Å². The quantitative estimate of drug-likeness (QED) is 0.200. The summed E-state index contributed by atoms with van der Waals surface area (Å²) in [6.45, 7) is 16.4. The molecule has 1 aliphatic carbocycles. The summed E-state index contributed by atoms with van der Waals surface area (Å²) in [6.07, 6.45) is 4.21. The molecule has 12 heteroatoms. The maximum Gasteiger partial charge on any atom is 0.320 e. The van der Waals surface area contributed by atoms with Gasteiger partial charge in [0.2, 0.25) is 0 Å². The molecule has 0 unspecified atom stereocenters. The Balaban J connectivity index is 1.13. The number of fused-ring (bicyclic) bond motifs is 2. The van der Waals surface area contributed by atoms with Gasteiger partial charge in [0.15, 0.2) is 17.3 Å². The lowest BCUT2D eigenvalue weighted by Crippen LogP contribution is -2.37. The molecule has 260 valence electrons. The van der Waals surface area contributed by atoms with Crippen molar-refractivity contribution in [3.8, 4) is 5.75 Å². The third-order valence-electron chi connectivity index (χ3n) is 9.03. The van der Waals surface area contributed by atoms with Gasteiger partial charge < -0.3 is 14.8 Å². The number of amides is 2. The lowest BCUT2D eigenvalue weighted by molar-refractivity contribution is 0.0371. The van der Waals surface area contributed by atoms with E-state index in [-0.39, 0.29) is 34.6 Å². The van der Waals surface area contributed by atoms with Gasteiger partial charge in [-0.15, -0.1) is 10.2 Å². The number of pyridine rings is 1. The molecule has 4 heterocycles. The first kappa shape index (κ1) is 34.4. The number of nitrogens with one attached hydrogen (secondary N) is 2. The van der Waals surface area contributed by atoms with Crippen LogP contribution in [0.4, 0.5) is 10.6 Å². The number of morpholine rings is 1. The predicted octanol–water partition coefficient (Wildman–Crippen LogP) is 6.19. The van der Waals surface area contributed by atoms with E-state index in [2.05, 4.69) is 62.5 Å². The minimum atomic E-state index is -0.392. The Hall–Kier alpha value is -4.42. The Morgan fingerprint density at radius 2 is 1.69 bits per heavy atom. The Bertz CT molecular complexity index is 1800. The van der Waals surface area contributed by atoms with E-state index in [1.807, 2.05) is 61.7 Å². The molecule has 6 rings (SSSR count). The van der Waals surface area contributed by atoms with Gasteiger partial charge in [-0.3, -0.25) is 19.4 Å². The van der Waals surface area contributed by atoms with E-state index in [9.17, 15) is 9.59 Å². The number of ketones is 1. The van der Waals surface area contributed by atoms with Crippen LogP contribution in [0.5, 0.6) is 5.75 Å². The van der Waals surface area contributed by atoms with Crippen LogP contribution >= 0.6 is 0 Å². The lowest BCUT2D eigenvalue weighted by atomic mass is 9.85. The van der Waals surface area contributed by atoms with Crippen molar-refractivity contribution < 1.29 is 19.1 Å². The molecule has 2 N–H and O–H groups in total. The summed E-state index contributed by atoms with van der Waals surface area (Å²) in [5.41, 5.74) is 2.98. The van der Waals surface area contributed by atoms with Crippen LogP contribution in [0.3, 0.4) is 0 Å². The smallest absolute Gasteiger partial charge is 0.320 e. The predicted molar refractivity (Wildman–Crippen MR) is 187 cm³/mol. The van der Waals surface area contributed by atoms with E-state index < -0.39 is 6.03 Å². The molecule has 0 bridgehead atoms. The number of rotatable bonds is 9. The fourth-order valence-electron chi connectivity index (χ4n) is 6.37. The topological polar surface area (TPSA) is 136 Å². The lowest BCUT2D eigenvalue weighted by Gasteiger charge is -2.32. The van der Waals surface area contributed by atoms with Crippen LogP contribution in [0, 0.1) is 0 Å². The third-order valence-corrected chi connectivity index (χ3v) is 9.03.